The highest BCUT2D eigenvalue weighted by Crippen LogP contribution is 2.48. The maximum absolute atomic E-state index is 11.6. The minimum absolute atomic E-state index is 0.120. The van der Waals surface area contributed by atoms with Gasteiger partial charge < -0.3 is 24.3 Å². The predicted octanol–water partition coefficient (Wildman–Crippen LogP) is 1.92. The van der Waals surface area contributed by atoms with Crippen molar-refractivity contribution in [3.63, 3.8) is 0 Å². The Balaban J connectivity index is 2.14. The van der Waals surface area contributed by atoms with Crippen LogP contribution in [0.3, 0.4) is 0 Å². The zero-order chi connectivity index (χ0) is 18.9. The fourth-order valence-corrected chi connectivity index (χ4v) is 3.11. The molecule has 3 rings (SSSR count). The van der Waals surface area contributed by atoms with Crippen LogP contribution in [0.15, 0.2) is 41.3 Å². The van der Waals surface area contributed by atoms with Gasteiger partial charge in [-0.2, -0.15) is 5.26 Å². The van der Waals surface area contributed by atoms with Gasteiger partial charge in [0.15, 0.2) is 11.7 Å². The zero-order valence-electron chi connectivity index (χ0n) is 14.8. The monoisotopic (exact) mass is 356 g/mol. The quantitative estimate of drug-likeness (QED) is 0.867. The van der Waals surface area contributed by atoms with Crippen LogP contribution in [0.1, 0.15) is 31.1 Å². The Hall–Kier alpha value is -2.82. The van der Waals surface area contributed by atoms with Gasteiger partial charge in [0.2, 0.25) is 0 Å². The first-order valence-corrected chi connectivity index (χ1v) is 8.10. The highest BCUT2D eigenvalue weighted by Gasteiger charge is 2.57. The summed E-state index contributed by atoms with van der Waals surface area (Å²) in [6, 6.07) is 9.89. The molecule has 3 atom stereocenters. The van der Waals surface area contributed by atoms with Crippen molar-refractivity contribution in [1.29, 1.82) is 5.26 Å². The Morgan fingerprint density at radius 3 is 2.77 bits per heavy atom. The standard InChI is InChI=1S/C19H20N2O5/c1-18(11-24-3)19(2,23)17(25-13-6-7-21-16(22)9-13)14-8-12(10-20)4-5-15(14)26-18/h4-9,17,23H,11H2,1-3H3,(H,21,22). The SMILES string of the molecule is COCC1(C)Oc2ccc(C#N)cc2C(Oc2cc[nH]c(=O)c2)C1(C)O. The molecular formula is C19H20N2O5. The molecule has 0 fully saturated rings. The van der Waals surface area contributed by atoms with Gasteiger partial charge in [0.05, 0.1) is 18.2 Å². The van der Waals surface area contributed by atoms with E-state index in [0.29, 0.717) is 22.6 Å². The minimum atomic E-state index is -1.51. The minimum Gasteiger partial charge on any atom is -0.482 e. The molecule has 1 aliphatic heterocycles. The molecule has 0 spiro atoms. The van der Waals surface area contributed by atoms with Gasteiger partial charge in [-0.15, -0.1) is 0 Å². The normalized spacial score (nSPS) is 27.1. The molecule has 0 bridgehead atoms. The molecule has 3 unspecified atom stereocenters. The lowest BCUT2D eigenvalue weighted by molar-refractivity contribution is -0.199. The summed E-state index contributed by atoms with van der Waals surface area (Å²) in [6.07, 6.45) is 0.591. The number of fused-ring (bicyclic) bond motifs is 1. The van der Waals surface area contributed by atoms with E-state index in [1.807, 2.05) is 0 Å². The van der Waals surface area contributed by atoms with Crippen molar-refractivity contribution in [2.75, 3.05) is 13.7 Å². The fourth-order valence-electron chi connectivity index (χ4n) is 3.11. The Kier molecular flexibility index (Phi) is 4.48. The molecule has 0 saturated heterocycles. The van der Waals surface area contributed by atoms with Gasteiger partial charge in [-0.25, -0.2) is 0 Å². The van der Waals surface area contributed by atoms with Crippen LogP contribution < -0.4 is 15.0 Å². The number of benzene rings is 1. The number of nitrogens with zero attached hydrogens (tertiary/aromatic N) is 1. The lowest BCUT2D eigenvalue weighted by Crippen LogP contribution is -2.63. The second-order valence-electron chi connectivity index (χ2n) is 6.66. The summed E-state index contributed by atoms with van der Waals surface area (Å²) >= 11 is 0. The fraction of sp³-hybridized carbons (Fsp3) is 0.368. The van der Waals surface area contributed by atoms with Crippen molar-refractivity contribution < 1.29 is 19.3 Å². The van der Waals surface area contributed by atoms with Crippen LogP contribution in [0, 0.1) is 11.3 Å². The number of aromatic nitrogens is 1. The van der Waals surface area contributed by atoms with Crippen LogP contribution in [0.5, 0.6) is 11.5 Å². The van der Waals surface area contributed by atoms with Crippen molar-refractivity contribution in [1.82, 2.24) is 4.98 Å². The number of methoxy groups -OCH3 is 1. The Morgan fingerprint density at radius 1 is 1.35 bits per heavy atom. The number of hydrogen-bond acceptors (Lipinski definition) is 6. The molecule has 2 aromatic rings. The smallest absolute Gasteiger partial charge is 0.251 e. The van der Waals surface area contributed by atoms with Crippen LogP contribution in [0.2, 0.25) is 0 Å². The highest BCUT2D eigenvalue weighted by molar-refractivity contribution is 5.47. The average Bonchev–Trinajstić information content (AvgIpc) is 2.59. The second kappa shape index (κ2) is 6.48. The van der Waals surface area contributed by atoms with Crippen molar-refractivity contribution >= 4 is 0 Å². The number of H-pyrrole nitrogens is 1. The van der Waals surface area contributed by atoms with Gasteiger partial charge in [-0.3, -0.25) is 4.79 Å². The summed E-state index contributed by atoms with van der Waals surface area (Å²) in [5.41, 5.74) is -1.98. The molecule has 2 N–H and O–H groups in total. The maximum atomic E-state index is 11.6. The van der Waals surface area contributed by atoms with Crippen molar-refractivity contribution in [3.8, 4) is 17.6 Å². The molecule has 7 nitrogen and oxygen atoms in total. The van der Waals surface area contributed by atoms with Gasteiger partial charge >= 0.3 is 0 Å². The van der Waals surface area contributed by atoms with E-state index in [1.54, 1.807) is 38.1 Å². The molecule has 26 heavy (non-hydrogen) atoms. The molecule has 0 aliphatic carbocycles. The molecule has 1 aromatic heterocycles. The van der Waals surface area contributed by atoms with E-state index in [9.17, 15) is 15.2 Å². The number of nitrogens with one attached hydrogen (secondary N) is 1. The third-order valence-corrected chi connectivity index (χ3v) is 4.76. The molecule has 0 amide bonds. The molecule has 0 radical (unpaired) electrons. The summed E-state index contributed by atoms with van der Waals surface area (Å²) < 4.78 is 17.3. The van der Waals surface area contributed by atoms with E-state index in [4.69, 9.17) is 14.2 Å². The van der Waals surface area contributed by atoms with Gasteiger partial charge in [0.1, 0.15) is 17.1 Å². The first-order chi connectivity index (χ1) is 12.3. The summed E-state index contributed by atoms with van der Waals surface area (Å²) in [5, 5.41) is 20.5. The number of pyridine rings is 1. The van der Waals surface area contributed by atoms with Gasteiger partial charge in [-0.1, -0.05) is 0 Å². The highest BCUT2D eigenvalue weighted by atomic mass is 16.6. The van der Waals surface area contributed by atoms with Crippen LogP contribution >= 0.6 is 0 Å². The maximum Gasteiger partial charge on any atom is 0.251 e. The lowest BCUT2D eigenvalue weighted by Gasteiger charge is -2.50. The lowest BCUT2D eigenvalue weighted by atomic mass is 9.76. The predicted molar refractivity (Wildman–Crippen MR) is 93.1 cm³/mol. The third-order valence-electron chi connectivity index (χ3n) is 4.76. The molecule has 1 aliphatic rings. The van der Waals surface area contributed by atoms with E-state index in [-0.39, 0.29) is 12.2 Å². The number of aliphatic hydroxyl groups is 1. The molecule has 7 heteroatoms. The largest absolute Gasteiger partial charge is 0.482 e. The number of aromatic amines is 1. The first-order valence-electron chi connectivity index (χ1n) is 8.10. The van der Waals surface area contributed by atoms with Gasteiger partial charge in [0.25, 0.3) is 5.56 Å². The molecule has 136 valence electrons. The van der Waals surface area contributed by atoms with Crippen LogP contribution in [-0.2, 0) is 4.74 Å². The average molecular weight is 356 g/mol. The van der Waals surface area contributed by atoms with E-state index >= 15 is 0 Å². The topological polar surface area (TPSA) is 105 Å². The first kappa shape index (κ1) is 18.0. The van der Waals surface area contributed by atoms with E-state index < -0.39 is 17.3 Å². The molecular weight excluding hydrogens is 336 g/mol. The van der Waals surface area contributed by atoms with Crippen LogP contribution in [0.25, 0.3) is 0 Å². The van der Waals surface area contributed by atoms with Crippen LogP contribution in [0.4, 0.5) is 0 Å². The summed E-state index contributed by atoms with van der Waals surface area (Å²) in [4.78, 5) is 14.1. The summed E-state index contributed by atoms with van der Waals surface area (Å²) in [7, 11) is 1.52. The Bertz CT molecular complexity index is 915. The number of ether oxygens (including phenoxy) is 3. The van der Waals surface area contributed by atoms with E-state index in [0.717, 1.165) is 0 Å². The second-order valence-corrected chi connectivity index (χ2v) is 6.66. The van der Waals surface area contributed by atoms with Crippen molar-refractivity contribution in [2.24, 2.45) is 0 Å². The number of rotatable bonds is 4. The number of nitriles is 1. The Labute approximate surface area is 150 Å². The third kappa shape index (κ3) is 2.94. The number of hydrogen-bond donors (Lipinski definition) is 2. The van der Waals surface area contributed by atoms with Crippen molar-refractivity contribution in [2.45, 2.75) is 31.2 Å². The molecule has 1 aromatic carbocycles. The zero-order valence-corrected chi connectivity index (χ0v) is 14.8. The van der Waals surface area contributed by atoms with E-state index in [1.165, 1.54) is 19.4 Å². The Morgan fingerprint density at radius 2 is 2.12 bits per heavy atom. The molecule has 2 heterocycles. The molecule has 0 saturated carbocycles. The summed E-state index contributed by atoms with van der Waals surface area (Å²) in [6.45, 7) is 3.44. The summed E-state index contributed by atoms with van der Waals surface area (Å²) in [5.74, 6) is 0.791. The van der Waals surface area contributed by atoms with Crippen molar-refractivity contribution in [3.05, 3.63) is 58.0 Å². The van der Waals surface area contributed by atoms with Gasteiger partial charge in [-0.05, 0) is 38.1 Å². The van der Waals surface area contributed by atoms with Crippen LogP contribution in [-0.4, -0.2) is 35.0 Å². The van der Waals surface area contributed by atoms with E-state index in [2.05, 4.69) is 11.1 Å². The van der Waals surface area contributed by atoms with Gasteiger partial charge in [0, 0.05) is 24.9 Å².